The van der Waals surface area contributed by atoms with E-state index in [2.05, 4.69) is 476 Å². The van der Waals surface area contributed by atoms with Gasteiger partial charge in [0, 0.05) is 33.5 Å². The molecule has 595 valence electrons. The minimum Gasteiger partial charge on any atom is -0.292 e. The van der Waals surface area contributed by atoms with Gasteiger partial charge in [-0.05, 0) is 270 Å². The lowest BCUT2D eigenvalue weighted by atomic mass is 9.66. The fourth-order valence-corrected chi connectivity index (χ4v) is 20.4. The summed E-state index contributed by atoms with van der Waals surface area (Å²) < 4.78 is 7.51. The zero-order valence-electron chi connectivity index (χ0n) is 71.8. The van der Waals surface area contributed by atoms with Gasteiger partial charge in [-0.3, -0.25) is 4.57 Å². The molecule has 0 atom stereocenters. The molecule has 0 amide bonds. The molecule has 0 spiro atoms. The molecule has 1 heterocycles. The molecular formula is C123H82B2N3. The molecule has 0 saturated heterocycles. The maximum absolute atomic E-state index is 9.26. The predicted molar refractivity (Wildman–Crippen MR) is 548 cm³/mol. The summed E-state index contributed by atoms with van der Waals surface area (Å²) in [5.74, 6) is 0.933. The quantitative estimate of drug-likeness (QED) is 0.107. The SMILES string of the molecule is CC1(C)c2ccccc2-c2cccc3c(-c4ccc(C#N)cc4)c4ccccc4c1c23.[2H][B].[B].c1ccc(-n2c(-c3ccc(-c4ccc5c(-c6ccc7ccccc7c6)c6ccccc6c(-c6ccc7ccccc7c6)c5c4)cc3)nc3ccccc32)cc1.c1ccc2cc(-c3ccc(-c4c5ccccc5c(-c5cccc6ccccc56)c5ccccc45)cc3)ccc2c1. The van der Waals surface area contributed by atoms with E-state index in [-0.39, 0.29) is 13.8 Å². The molecule has 3 nitrogen and oxygen atoms in total. The van der Waals surface area contributed by atoms with Crippen molar-refractivity contribution in [3.8, 4) is 112 Å². The molecule has 0 saturated carbocycles. The smallest absolute Gasteiger partial charge is 0.145 e. The first-order valence-electron chi connectivity index (χ1n) is 44.0. The summed E-state index contributed by atoms with van der Waals surface area (Å²) in [5.41, 5.74) is 27.6. The van der Waals surface area contributed by atoms with Crippen LogP contribution in [-0.2, 0) is 5.41 Å². The third kappa shape index (κ3) is 13.5. The second-order valence-corrected chi connectivity index (χ2v) is 33.7. The Kier molecular flexibility index (Phi) is 19.9. The van der Waals surface area contributed by atoms with Gasteiger partial charge in [-0.1, -0.05) is 408 Å². The summed E-state index contributed by atoms with van der Waals surface area (Å²) in [6.45, 7) is 4.70. The van der Waals surface area contributed by atoms with Crippen LogP contribution in [0.5, 0.6) is 0 Å². The van der Waals surface area contributed by atoms with Gasteiger partial charge in [0.2, 0.25) is 0 Å². The van der Waals surface area contributed by atoms with Gasteiger partial charge in [-0.25, -0.2) is 4.98 Å². The second kappa shape index (κ2) is 32.8. The number of hydrogen-bond donors (Lipinski definition) is 0. The summed E-state index contributed by atoms with van der Waals surface area (Å²) >= 11 is 0. The lowest BCUT2D eigenvalue weighted by Gasteiger charge is -2.37. The van der Waals surface area contributed by atoms with Crippen molar-refractivity contribution in [3.63, 3.8) is 0 Å². The highest BCUT2D eigenvalue weighted by Crippen LogP contribution is 2.55. The topological polar surface area (TPSA) is 41.6 Å². The number of nitrogens with zero attached hydrogens (tertiary/aromatic N) is 3. The first-order valence-corrected chi connectivity index (χ1v) is 43.4. The largest absolute Gasteiger partial charge is 0.292 e. The van der Waals surface area contributed by atoms with Gasteiger partial charge in [0.25, 0.3) is 0 Å². The number of hydrogen-bond acceptors (Lipinski definition) is 2. The van der Waals surface area contributed by atoms with Crippen molar-refractivity contribution in [3.05, 3.63) is 472 Å². The van der Waals surface area contributed by atoms with Gasteiger partial charge in [0.15, 0.2) is 0 Å². The average molecular weight is 1620 g/mol. The van der Waals surface area contributed by atoms with E-state index in [9.17, 15) is 5.26 Å². The fraction of sp³-hybridized carbons (Fsp3) is 0.0244. The van der Waals surface area contributed by atoms with E-state index in [1.54, 1.807) is 0 Å². The Balaban J connectivity index is 0.000000121. The summed E-state index contributed by atoms with van der Waals surface area (Å²) in [7, 11) is 3.75. The van der Waals surface area contributed by atoms with Crippen LogP contribution < -0.4 is 0 Å². The van der Waals surface area contributed by atoms with Crippen molar-refractivity contribution < 1.29 is 0 Å². The molecule has 0 bridgehead atoms. The first-order chi connectivity index (χ1) is 63.2. The van der Waals surface area contributed by atoms with Crippen molar-refractivity contribution in [2.24, 2.45) is 0 Å². The van der Waals surface area contributed by atoms with Crippen LogP contribution in [0.2, 0.25) is 0 Å². The number of imidazole rings is 1. The van der Waals surface area contributed by atoms with Crippen molar-refractivity contribution in [1.29, 1.82) is 6.60 Å². The molecule has 25 rings (SSSR count). The fourth-order valence-electron chi connectivity index (χ4n) is 20.4. The van der Waals surface area contributed by atoms with Gasteiger partial charge in [0.05, 0.1) is 22.7 Å². The number of aromatic nitrogens is 2. The monoisotopic (exact) mass is 1620 g/mol. The third-order valence-corrected chi connectivity index (χ3v) is 26.3. The zero-order valence-corrected chi connectivity index (χ0v) is 70.8. The zero-order chi connectivity index (χ0) is 85.9. The van der Waals surface area contributed by atoms with Gasteiger partial charge in [-0.15, -0.1) is 0 Å². The minimum absolute atomic E-state index is 0. The normalized spacial score (nSPS) is 12.0. The highest BCUT2D eigenvalue weighted by molar-refractivity contribution is 6.26. The van der Waals surface area contributed by atoms with E-state index >= 15 is 0 Å². The van der Waals surface area contributed by atoms with E-state index in [0.717, 1.165) is 39.2 Å². The van der Waals surface area contributed by atoms with E-state index < -0.39 is 0 Å². The van der Waals surface area contributed by atoms with E-state index in [1.807, 2.05) is 12.1 Å². The molecule has 1 aliphatic rings. The van der Waals surface area contributed by atoms with Crippen LogP contribution in [0.4, 0.5) is 0 Å². The van der Waals surface area contributed by atoms with Crippen LogP contribution in [0.3, 0.4) is 0 Å². The lowest BCUT2D eigenvalue weighted by molar-refractivity contribution is 0.651. The maximum Gasteiger partial charge on any atom is 0.145 e. The van der Waals surface area contributed by atoms with Crippen molar-refractivity contribution in [2.75, 3.05) is 0 Å². The maximum atomic E-state index is 9.26. The molecule has 5 heteroatoms. The molecule has 0 unspecified atom stereocenters. The summed E-state index contributed by atoms with van der Waals surface area (Å²) in [4.78, 5) is 5.12. The minimum atomic E-state index is -0.105. The Morgan fingerprint density at radius 2 is 0.625 bits per heavy atom. The molecule has 0 N–H and O–H groups in total. The van der Waals surface area contributed by atoms with Crippen LogP contribution in [0, 0.1) is 11.3 Å². The molecule has 24 aromatic rings. The number of rotatable bonds is 9. The van der Waals surface area contributed by atoms with Gasteiger partial charge < -0.3 is 0 Å². The molecule has 23 aromatic carbocycles. The molecule has 0 aliphatic heterocycles. The van der Waals surface area contributed by atoms with Crippen molar-refractivity contribution in [1.82, 2.24) is 9.55 Å². The Bertz CT molecular complexity index is 8500. The van der Waals surface area contributed by atoms with Crippen LogP contribution in [0.1, 0.15) is 30.5 Å². The number of nitriles is 1. The van der Waals surface area contributed by atoms with E-state index in [1.165, 1.54) is 197 Å². The second-order valence-electron chi connectivity index (χ2n) is 33.7. The standard InChI is InChI=1S/C53H34N2.C40H26.C30H21N.BH.B/c1-2-16-44(17-3-1)55-50-21-11-10-20-49(50)54-53(55)38-26-22-37(23-27-38)41-30-31-47-48(34-41)52(43-29-25-36-13-5-7-15-40(36)33-43)46-19-9-8-18-45(46)51(47)42-28-24-35-12-4-6-14-39(35)32-42;1-2-12-31-26-32(25-22-27(31)10-1)28-20-23-30(24-21-28)39-35-15-5-7-17-37(35)40(38-18-8-6-16-36(38)39)34-19-9-13-29-11-3-4-14-33(29)34;1-30(2)26-13-6-5-8-21(26)22-11-7-12-25-27(20-16-14-19(18-31)15-17-20)23-9-3-4-10-24(23)29(30)28(22)25;;/h1-34H;1-26H;3-17H,1-2H3;1H;/i;;;1D;. The molecule has 128 heavy (non-hydrogen) atoms. The molecule has 1 aromatic heterocycles. The molecule has 5 radical (unpaired) electrons. The van der Waals surface area contributed by atoms with E-state index in [4.69, 9.17) is 6.32 Å². The van der Waals surface area contributed by atoms with Gasteiger partial charge >= 0.3 is 0 Å². The molecular weight excluding hydrogens is 1540 g/mol. The average Bonchev–Trinajstić information content (AvgIpc) is 0.939. The van der Waals surface area contributed by atoms with Crippen LogP contribution in [-0.4, -0.2) is 27.7 Å². The van der Waals surface area contributed by atoms with Crippen molar-refractivity contribution >= 4 is 136 Å². The summed E-state index contributed by atoms with van der Waals surface area (Å²) in [6, 6.07) is 167. The highest BCUT2D eigenvalue weighted by atomic mass is 15.1. The number of benzene rings is 23. The van der Waals surface area contributed by atoms with Crippen LogP contribution in [0.15, 0.2) is 455 Å². The Morgan fingerprint density at radius 1 is 0.266 bits per heavy atom. The third-order valence-electron chi connectivity index (χ3n) is 26.3. The highest BCUT2D eigenvalue weighted by Gasteiger charge is 2.36. The van der Waals surface area contributed by atoms with Crippen LogP contribution in [0.25, 0.3) is 225 Å². The lowest BCUT2D eigenvalue weighted by Crippen LogP contribution is -2.24. The number of fused-ring (bicyclic) bond motifs is 13. The Morgan fingerprint density at radius 3 is 1.20 bits per heavy atom. The Hall–Kier alpha value is -16.3. The first kappa shape index (κ1) is 77.8. The van der Waals surface area contributed by atoms with Gasteiger partial charge in [-0.2, -0.15) is 5.26 Å². The van der Waals surface area contributed by atoms with Gasteiger partial charge in [0.1, 0.15) is 5.82 Å². The summed E-state index contributed by atoms with van der Waals surface area (Å²) in [5, 5.41) is 34.6. The van der Waals surface area contributed by atoms with Crippen LogP contribution >= 0.6 is 0 Å². The number of para-hydroxylation sites is 3. The predicted octanol–water partition coefficient (Wildman–Crippen LogP) is 32.4. The summed E-state index contributed by atoms with van der Waals surface area (Å²) in [6.07, 6.45) is 0. The van der Waals surface area contributed by atoms with E-state index in [0.29, 0.717) is 5.56 Å². The molecule has 0 fully saturated rings. The van der Waals surface area contributed by atoms with Crippen molar-refractivity contribution in [2.45, 2.75) is 19.3 Å². The molecule has 1 aliphatic carbocycles. The Labute approximate surface area is 749 Å².